The Morgan fingerprint density at radius 2 is 0.667 bits per heavy atom. The Morgan fingerprint density at radius 1 is 0.383 bits per heavy atom. The average Bonchev–Trinajstić information content (AvgIpc) is 3.44. The summed E-state index contributed by atoms with van der Waals surface area (Å²) in [4.78, 5) is 63.0. The molecule has 5 atom stereocenters. The molecule has 0 amide bonds. The lowest BCUT2D eigenvalue weighted by molar-refractivity contribution is -0.233. The highest BCUT2D eigenvalue weighted by Gasteiger charge is 2.23. The van der Waals surface area contributed by atoms with Gasteiger partial charge in [-0.1, -0.05) is 190 Å². The highest BCUT2D eigenvalue weighted by molar-refractivity contribution is 7.46. The van der Waals surface area contributed by atoms with Crippen molar-refractivity contribution in [3.05, 3.63) is 72.9 Å². The smallest absolute Gasteiger partial charge is 0.306 e. The largest absolute Gasteiger partial charge is 0.756 e. The number of carbonyl (C=O) groups excluding carboxylic acids is 3. The molecule has 0 fully saturated rings. The number of hydrogen-bond donors (Lipinski definition) is 2. The summed E-state index contributed by atoms with van der Waals surface area (Å²) >= 11 is 0. The first kappa shape index (κ1) is 78.0. The number of rotatable bonds is 59. The summed E-state index contributed by atoms with van der Waals surface area (Å²) < 4.78 is 60.3. The van der Waals surface area contributed by atoms with E-state index in [-0.39, 0.29) is 19.3 Å². The van der Waals surface area contributed by atoms with Gasteiger partial charge in [0.15, 0.2) is 6.10 Å². The molecule has 0 heterocycles. The monoisotopic (exact) mass is 1180 g/mol. The summed E-state index contributed by atoms with van der Waals surface area (Å²) in [5.74, 6) is -1.77. The number of carbonyl (C=O) groups is 3. The van der Waals surface area contributed by atoms with Gasteiger partial charge in [-0.15, -0.1) is 0 Å². The van der Waals surface area contributed by atoms with E-state index in [0.29, 0.717) is 19.3 Å². The van der Waals surface area contributed by atoms with Crippen LogP contribution in [0.3, 0.4) is 0 Å². The normalized spacial score (nSPS) is 14.9. The second-order valence-electron chi connectivity index (χ2n) is 20.8. The third-order valence-electron chi connectivity index (χ3n) is 12.9. The average molecular weight is 1190 g/mol. The molecule has 0 rings (SSSR count). The first-order valence-electron chi connectivity index (χ1n) is 31.2. The van der Waals surface area contributed by atoms with Gasteiger partial charge in [0.1, 0.15) is 18.8 Å². The fourth-order valence-electron chi connectivity index (χ4n) is 8.06. The highest BCUT2D eigenvalue weighted by atomic mass is 31.2. The van der Waals surface area contributed by atoms with Crippen LogP contribution in [-0.2, 0) is 55.8 Å². The molecule has 0 saturated heterocycles. The summed E-state index contributed by atoms with van der Waals surface area (Å²) in [5.41, 5.74) is 0. The minimum absolute atomic E-state index is 0.0642. The first-order valence-corrected chi connectivity index (χ1v) is 34.1. The molecular formula is C63H110O16P2-2. The van der Waals surface area contributed by atoms with Crippen molar-refractivity contribution in [2.75, 3.05) is 39.6 Å². The number of hydrogen-bond acceptors (Lipinski definition) is 16. The van der Waals surface area contributed by atoms with Gasteiger partial charge in [-0.05, 0) is 116 Å². The van der Waals surface area contributed by atoms with E-state index in [1.807, 2.05) is 0 Å². The zero-order valence-corrected chi connectivity index (χ0v) is 52.2. The van der Waals surface area contributed by atoms with Crippen LogP contribution in [-0.4, -0.2) is 86.1 Å². The van der Waals surface area contributed by atoms with Crippen molar-refractivity contribution < 1.29 is 75.8 Å². The number of aliphatic hydroxyl groups is 2. The lowest BCUT2D eigenvalue weighted by Gasteiger charge is -2.28. The van der Waals surface area contributed by atoms with Crippen LogP contribution < -0.4 is 9.79 Å². The molecule has 0 aliphatic carbocycles. The van der Waals surface area contributed by atoms with E-state index in [9.17, 15) is 43.5 Å². The predicted octanol–water partition coefficient (Wildman–Crippen LogP) is 15.2. The van der Waals surface area contributed by atoms with Crippen molar-refractivity contribution >= 4 is 33.6 Å². The van der Waals surface area contributed by atoms with Gasteiger partial charge in [-0.3, -0.25) is 23.5 Å². The zero-order valence-electron chi connectivity index (χ0n) is 50.4. The quantitative estimate of drug-likeness (QED) is 0.0189. The van der Waals surface area contributed by atoms with Crippen LogP contribution in [0.25, 0.3) is 0 Å². The van der Waals surface area contributed by atoms with E-state index in [1.165, 1.54) is 57.8 Å². The number of aliphatic hydroxyl groups excluding tert-OH is 2. The molecule has 0 radical (unpaired) electrons. The molecular weight excluding hydrogens is 1070 g/mol. The van der Waals surface area contributed by atoms with Gasteiger partial charge in [0.05, 0.1) is 33.0 Å². The Morgan fingerprint density at radius 3 is 1.01 bits per heavy atom. The summed E-state index contributed by atoms with van der Waals surface area (Å²) in [6, 6.07) is 0. The van der Waals surface area contributed by atoms with Gasteiger partial charge >= 0.3 is 17.9 Å². The summed E-state index contributed by atoms with van der Waals surface area (Å²) in [5, 5.41) is 20.0. The molecule has 0 spiro atoms. The molecule has 81 heavy (non-hydrogen) atoms. The second-order valence-corrected chi connectivity index (χ2v) is 23.6. The minimum atomic E-state index is -5.20. The first-order chi connectivity index (χ1) is 39.3. The fraction of sp³-hybridized carbons (Fsp3) is 0.762. The van der Waals surface area contributed by atoms with Crippen molar-refractivity contribution in [3.63, 3.8) is 0 Å². The Bertz CT molecular complexity index is 1780. The van der Waals surface area contributed by atoms with Gasteiger partial charge < -0.3 is 52.3 Å². The van der Waals surface area contributed by atoms with E-state index in [1.54, 1.807) is 0 Å². The van der Waals surface area contributed by atoms with E-state index in [0.717, 1.165) is 135 Å². The predicted molar refractivity (Wildman–Crippen MR) is 321 cm³/mol. The van der Waals surface area contributed by atoms with Gasteiger partial charge in [-0.25, -0.2) is 0 Å². The third-order valence-corrected chi connectivity index (χ3v) is 14.8. The Balaban J connectivity index is 4.84. The van der Waals surface area contributed by atoms with Crippen molar-refractivity contribution in [3.8, 4) is 0 Å². The fourth-order valence-corrected chi connectivity index (χ4v) is 9.61. The lowest BCUT2D eigenvalue weighted by atomic mass is 10.1. The Kier molecular flexibility index (Phi) is 55.3. The van der Waals surface area contributed by atoms with Gasteiger partial charge in [-0.2, -0.15) is 0 Å². The number of phosphoric ester groups is 2. The summed E-state index contributed by atoms with van der Waals surface area (Å²) in [6.07, 6.45) is 56.0. The van der Waals surface area contributed by atoms with Crippen LogP contribution >= 0.6 is 15.6 Å². The third kappa shape index (κ3) is 57.2. The van der Waals surface area contributed by atoms with Crippen LogP contribution in [0.4, 0.5) is 0 Å². The van der Waals surface area contributed by atoms with Gasteiger partial charge in [0.2, 0.25) is 0 Å². The number of phosphoric acid groups is 2. The number of ether oxygens (including phenoxy) is 3. The van der Waals surface area contributed by atoms with Crippen LogP contribution in [0.1, 0.15) is 252 Å². The standard InChI is InChI=1S/C63H112O16P2/c1-4-7-10-13-16-19-22-25-28-31-34-37-40-43-46-49-61(66)73-55-60(79-63(68)51-48-45-42-39-36-33-30-27-24-21-18-15-12-9-6-3)57-77-81(71,72)75-54-58(65)53-74-80(69,70)76-56-59(52-64)78-62(67)50-47-44-41-38-35-32-29-26-23-20-17-14-11-8-5-2/h16-21,25-30,58-60,64-65H,4-15,22-24,31-57H2,1-3H3,(H,69,70)(H,71,72)/p-2/b19-16-,20-17-,21-18-,28-25-,29-26-,30-27-/t58?,59-,60-/m1/s1. The van der Waals surface area contributed by atoms with E-state index in [2.05, 4.69) is 98.2 Å². The molecule has 2 N–H and O–H groups in total. The molecule has 0 aromatic heterocycles. The second kappa shape index (κ2) is 57.4. The van der Waals surface area contributed by atoms with Gasteiger partial charge in [0.25, 0.3) is 15.6 Å². The molecule has 3 unspecified atom stereocenters. The number of allylic oxidation sites excluding steroid dienone is 12. The topological polar surface area (TPSA) is 237 Å². The van der Waals surface area contributed by atoms with Crippen molar-refractivity contribution in [2.45, 2.75) is 270 Å². The molecule has 470 valence electrons. The Hall–Kier alpha value is -3.01. The maximum Gasteiger partial charge on any atom is 0.306 e. The van der Waals surface area contributed by atoms with E-state index < -0.39 is 91.5 Å². The maximum atomic E-state index is 12.9. The van der Waals surface area contributed by atoms with E-state index >= 15 is 0 Å². The molecule has 0 saturated carbocycles. The molecule has 0 bridgehead atoms. The van der Waals surface area contributed by atoms with Crippen LogP contribution in [0.15, 0.2) is 72.9 Å². The Labute approximate surface area is 490 Å². The maximum absolute atomic E-state index is 12.9. The number of esters is 3. The van der Waals surface area contributed by atoms with E-state index in [4.69, 9.17) is 27.8 Å². The van der Waals surface area contributed by atoms with Crippen LogP contribution in [0.2, 0.25) is 0 Å². The molecule has 18 heteroatoms. The van der Waals surface area contributed by atoms with Crippen molar-refractivity contribution in [1.29, 1.82) is 0 Å². The molecule has 0 aromatic carbocycles. The summed E-state index contributed by atoms with van der Waals surface area (Å²) in [6.45, 7) is 1.95. The molecule has 0 aliphatic heterocycles. The molecule has 16 nitrogen and oxygen atoms in total. The highest BCUT2D eigenvalue weighted by Crippen LogP contribution is 2.40. The summed E-state index contributed by atoms with van der Waals surface area (Å²) in [7, 11) is -10.3. The molecule has 0 aliphatic rings. The van der Waals surface area contributed by atoms with Crippen molar-refractivity contribution in [2.24, 2.45) is 0 Å². The molecule has 0 aromatic rings. The van der Waals surface area contributed by atoms with Crippen LogP contribution in [0.5, 0.6) is 0 Å². The SMILES string of the molecule is CCCCC/C=C\C/C=C\CCCCCCCC(=O)OC[C@H](COP(=O)([O-])OCC(O)COP(=O)([O-])OC[C@@H](CO)OC(=O)CCCCCCC/C=C\C/C=C\CCCCC)OC(=O)CCCCCCC/C=C\C/C=C\CCCCC. The minimum Gasteiger partial charge on any atom is -0.756 e. The lowest BCUT2D eigenvalue weighted by Crippen LogP contribution is -2.31. The number of unbranched alkanes of at least 4 members (excludes halogenated alkanes) is 24. The van der Waals surface area contributed by atoms with Gasteiger partial charge in [0, 0.05) is 19.3 Å². The zero-order chi connectivity index (χ0) is 59.6. The van der Waals surface area contributed by atoms with Crippen molar-refractivity contribution in [1.82, 2.24) is 0 Å². The van der Waals surface area contributed by atoms with Crippen LogP contribution in [0, 0.1) is 0 Å².